The van der Waals surface area contributed by atoms with Crippen LogP contribution in [0.2, 0.25) is 0 Å². The van der Waals surface area contributed by atoms with Crippen molar-refractivity contribution >= 4 is 9.84 Å². The first kappa shape index (κ1) is 15.0. The van der Waals surface area contributed by atoms with Crippen LogP contribution in [-0.4, -0.2) is 36.7 Å². The number of ether oxygens (including phenoxy) is 1. The van der Waals surface area contributed by atoms with Crippen molar-refractivity contribution in [1.29, 1.82) is 0 Å². The Labute approximate surface area is 129 Å². The molecule has 1 saturated heterocycles. The monoisotopic (exact) mass is 322 g/mol. The quantitative estimate of drug-likeness (QED) is 0.858. The number of benzene rings is 1. The lowest BCUT2D eigenvalue weighted by Gasteiger charge is -2.05. The van der Waals surface area contributed by atoms with Gasteiger partial charge in [-0.3, -0.25) is 0 Å². The van der Waals surface area contributed by atoms with E-state index < -0.39 is 15.1 Å². The first-order valence-corrected chi connectivity index (χ1v) is 8.90. The Hall–Kier alpha value is -1.89. The highest BCUT2D eigenvalue weighted by Crippen LogP contribution is 2.27. The van der Waals surface area contributed by atoms with Crippen LogP contribution in [0.4, 0.5) is 0 Å². The topological polar surface area (TPSA) is 82.3 Å². The molecule has 118 valence electrons. The number of rotatable bonds is 4. The normalized spacial score (nSPS) is 20.2. The van der Waals surface area contributed by atoms with E-state index in [4.69, 9.17) is 9.26 Å². The summed E-state index contributed by atoms with van der Waals surface area (Å²) in [4.78, 5) is 4.34. The van der Waals surface area contributed by atoms with Crippen LogP contribution >= 0.6 is 0 Å². The van der Waals surface area contributed by atoms with Crippen molar-refractivity contribution in [2.45, 2.75) is 31.4 Å². The summed E-state index contributed by atoms with van der Waals surface area (Å²) in [6.07, 6.45) is 1.68. The van der Waals surface area contributed by atoms with E-state index in [2.05, 4.69) is 10.1 Å². The number of methoxy groups -OCH3 is 1. The van der Waals surface area contributed by atoms with Crippen molar-refractivity contribution in [2.24, 2.45) is 0 Å². The lowest BCUT2D eigenvalue weighted by atomic mass is 10.1. The molecular formula is C15H18N2O4S. The maximum Gasteiger partial charge on any atom is 0.228 e. The number of aromatic nitrogens is 2. The molecule has 0 amide bonds. The molecule has 0 bridgehead atoms. The van der Waals surface area contributed by atoms with Gasteiger partial charge in [0.2, 0.25) is 11.7 Å². The van der Waals surface area contributed by atoms with E-state index >= 15 is 0 Å². The number of nitrogens with zero attached hydrogens (tertiary/aromatic N) is 2. The van der Waals surface area contributed by atoms with Gasteiger partial charge in [-0.05, 0) is 43.5 Å². The molecule has 22 heavy (non-hydrogen) atoms. The minimum absolute atomic E-state index is 0.260. The van der Waals surface area contributed by atoms with E-state index in [1.165, 1.54) is 0 Å². The molecule has 0 radical (unpaired) electrons. The first-order valence-electron chi connectivity index (χ1n) is 7.19. The van der Waals surface area contributed by atoms with Crippen molar-refractivity contribution in [3.63, 3.8) is 0 Å². The van der Waals surface area contributed by atoms with Crippen LogP contribution in [0.1, 0.15) is 24.3 Å². The Balaban J connectivity index is 1.82. The van der Waals surface area contributed by atoms with E-state index in [1.54, 1.807) is 7.11 Å². The molecule has 1 aromatic carbocycles. The standard InChI is InChI=1S/C15H18N2O4S/c1-10-8-11(20-2)5-6-13(10)15-16-14(21-17-15)9-12-4-3-7-22(12,18)19/h5-6,8,12H,3-4,7,9H2,1-2H3. The molecule has 1 unspecified atom stereocenters. The minimum atomic E-state index is -3.00. The van der Waals surface area contributed by atoms with Gasteiger partial charge in [0.25, 0.3) is 0 Å². The highest BCUT2D eigenvalue weighted by Gasteiger charge is 2.32. The summed E-state index contributed by atoms with van der Waals surface area (Å²) in [6, 6.07) is 5.60. The maximum atomic E-state index is 11.9. The molecule has 1 atom stereocenters. The molecule has 1 aliphatic heterocycles. The number of sulfone groups is 1. The smallest absolute Gasteiger partial charge is 0.228 e. The molecule has 0 spiro atoms. The molecule has 1 fully saturated rings. The summed E-state index contributed by atoms with van der Waals surface area (Å²) in [5.74, 6) is 1.88. The van der Waals surface area contributed by atoms with Crippen molar-refractivity contribution in [3.05, 3.63) is 29.7 Å². The maximum absolute atomic E-state index is 11.9. The van der Waals surface area contributed by atoms with Gasteiger partial charge < -0.3 is 9.26 Å². The van der Waals surface area contributed by atoms with Crippen LogP contribution in [0, 0.1) is 6.92 Å². The van der Waals surface area contributed by atoms with Crippen LogP contribution in [0.3, 0.4) is 0 Å². The Kier molecular flexibility index (Phi) is 3.90. The minimum Gasteiger partial charge on any atom is -0.497 e. The second kappa shape index (κ2) is 5.72. The predicted molar refractivity (Wildman–Crippen MR) is 81.5 cm³/mol. The zero-order chi connectivity index (χ0) is 15.7. The van der Waals surface area contributed by atoms with Crippen molar-refractivity contribution in [1.82, 2.24) is 10.1 Å². The molecule has 0 aliphatic carbocycles. The zero-order valence-corrected chi connectivity index (χ0v) is 13.4. The van der Waals surface area contributed by atoms with Gasteiger partial charge in [0.15, 0.2) is 9.84 Å². The van der Waals surface area contributed by atoms with Crippen LogP contribution < -0.4 is 4.74 Å². The summed E-state index contributed by atoms with van der Waals surface area (Å²) in [7, 11) is -1.39. The Morgan fingerprint density at radius 3 is 2.86 bits per heavy atom. The van der Waals surface area contributed by atoms with Crippen LogP contribution in [0.5, 0.6) is 5.75 Å². The number of aryl methyl sites for hydroxylation is 1. The third-order valence-corrected chi connectivity index (χ3v) is 6.28. The third kappa shape index (κ3) is 2.85. The molecule has 7 heteroatoms. The molecule has 3 rings (SSSR count). The van der Waals surface area contributed by atoms with Crippen molar-refractivity contribution < 1.29 is 17.7 Å². The summed E-state index contributed by atoms with van der Waals surface area (Å²) in [5.41, 5.74) is 1.82. The SMILES string of the molecule is COc1ccc(-c2noc(CC3CCCS3(=O)=O)n2)c(C)c1. The highest BCUT2D eigenvalue weighted by atomic mass is 32.2. The second-order valence-corrected chi connectivity index (χ2v) is 7.93. The van der Waals surface area contributed by atoms with Gasteiger partial charge >= 0.3 is 0 Å². The molecule has 0 N–H and O–H groups in total. The molecule has 6 nitrogen and oxygen atoms in total. The van der Waals surface area contributed by atoms with Gasteiger partial charge in [0.05, 0.1) is 18.1 Å². The summed E-state index contributed by atoms with van der Waals surface area (Å²) in [6.45, 7) is 1.94. The molecule has 0 saturated carbocycles. The molecule has 2 aromatic rings. The fourth-order valence-corrected chi connectivity index (χ4v) is 4.57. The van der Waals surface area contributed by atoms with Gasteiger partial charge in [-0.15, -0.1) is 0 Å². The molecule has 1 aliphatic rings. The van der Waals surface area contributed by atoms with E-state index in [-0.39, 0.29) is 5.75 Å². The van der Waals surface area contributed by atoms with E-state index in [1.807, 2.05) is 25.1 Å². The van der Waals surface area contributed by atoms with Gasteiger partial charge in [-0.25, -0.2) is 8.42 Å². The second-order valence-electron chi connectivity index (χ2n) is 5.53. The average Bonchev–Trinajstić information content (AvgIpc) is 3.06. The largest absolute Gasteiger partial charge is 0.497 e. The lowest BCUT2D eigenvalue weighted by molar-refractivity contribution is 0.375. The van der Waals surface area contributed by atoms with Crippen LogP contribution in [-0.2, 0) is 16.3 Å². The van der Waals surface area contributed by atoms with Gasteiger partial charge in [0, 0.05) is 12.0 Å². The summed E-state index contributed by atoms with van der Waals surface area (Å²) in [5, 5.41) is 3.58. The fraction of sp³-hybridized carbons (Fsp3) is 0.467. The Morgan fingerprint density at radius 2 is 2.23 bits per heavy atom. The fourth-order valence-electron chi connectivity index (χ4n) is 2.74. The molecule has 2 heterocycles. The van der Waals surface area contributed by atoms with E-state index in [9.17, 15) is 8.42 Å². The molecular weight excluding hydrogens is 304 g/mol. The van der Waals surface area contributed by atoms with Gasteiger partial charge in [-0.1, -0.05) is 5.16 Å². The van der Waals surface area contributed by atoms with Gasteiger partial charge in [0.1, 0.15) is 5.75 Å². The van der Waals surface area contributed by atoms with Gasteiger partial charge in [-0.2, -0.15) is 4.98 Å². The van der Waals surface area contributed by atoms with E-state index in [0.29, 0.717) is 31.0 Å². The summed E-state index contributed by atoms with van der Waals surface area (Å²) >= 11 is 0. The lowest BCUT2D eigenvalue weighted by Crippen LogP contribution is -2.18. The summed E-state index contributed by atoms with van der Waals surface area (Å²) < 4.78 is 34.1. The molecule has 1 aromatic heterocycles. The predicted octanol–water partition coefficient (Wildman–Crippen LogP) is 2.17. The van der Waals surface area contributed by atoms with E-state index in [0.717, 1.165) is 16.9 Å². The Morgan fingerprint density at radius 1 is 1.41 bits per heavy atom. The van der Waals surface area contributed by atoms with Crippen LogP contribution in [0.15, 0.2) is 22.7 Å². The number of hydrogen-bond acceptors (Lipinski definition) is 6. The highest BCUT2D eigenvalue weighted by molar-refractivity contribution is 7.92. The Bertz CT molecular complexity index is 783. The average molecular weight is 322 g/mol. The van der Waals surface area contributed by atoms with Crippen LogP contribution in [0.25, 0.3) is 11.4 Å². The first-order chi connectivity index (χ1) is 10.5. The number of hydrogen-bond donors (Lipinski definition) is 0. The zero-order valence-electron chi connectivity index (χ0n) is 12.6. The van der Waals surface area contributed by atoms with Crippen molar-refractivity contribution in [2.75, 3.05) is 12.9 Å². The third-order valence-electron chi connectivity index (χ3n) is 4.01. The van der Waals surface area contributed by atoms with Crippen molar-refractivity contribution in [3.8, 4) is 17.1 Å².